The summed E-state index contributed by atoms with van der Waals surface area (Å²) in [6.07, 6.45) is 3.74. The van der Waals surface area contributed by atoms with E-state index in [0.29, 0.717) is 17.2 Å². The molecule has 0 saturated heterocycles. The molecule has 1 aliphatic rings. The molecule has 1 atom stereocenters. The third-order valence-corrected chi connectivity index (χ3v) is 4.51. The minimum absolute atomic E-state index is 0.0444. The summed E-state index contributed by atoms with van der Waals surface area (Å²) in [7, 11) is 3.00. The number of hydrogen-bond donors (Lipinski definition) is 2. The molecule has 27 heavy (non-hydrogen) atoms. The van der Waals surface area contributed by atoms with Crippen molar-refractivity contribution in [3.05, 3.63) is 18.2 Å². The van der Waals surface area contributed by atoms with Crippen LogP contribution in [0, 0.1) is 5.92 Å². The van der Waals surface area contributed by atoms with Crippen molar-refractivity contribution in [3.63, 3.8) is 0 Å². The van der Waals surface area contributed by atoms with Crippen molar-refractivity contribution in [1.29, 1.82) is 0 Å². The molecular formula is C19H26N2O6. The van der Waals surface area contributed by atoms with Gasteiger partial charge in [-0.3, -0.25) is 9.59 Å². The number of carbonyl (C=O) groups is 3. The number of nitrogens with one attached hydrogen (secondary N) is 2. The van der Waals surface area contributed by atoms with E-state index in [1.807, 2.05) is 0 Å². The highest BCUT2D eigenvalue weighted by atomic mass is 16.5. The zero-order valence-corrected chi connectivity index (χ0v) is 15.9. The maximum atomic E-state index is 12.4. The van der Waals surface area contributed by atoms with E-state index < -0.39 is 24.5 Å². The van der Waals surface area contributed by atoms with E-state index in [1.54, 1.807) is 18.2 Å². The number of carbonyl (C=O) groups excluding carboxylic acids is 3. The lowest BCUT2D eigenvalue weighted by molar-refractivity contribution is -0.152. The Morgan fingerprint density at radius 2 is 1.85 bits per heavy atom. The van der Waals surface area contributed by atoms with Crippen molar-refractivity contribution in [2.45, 2.75) is 38.6 Å². The summed E-state index contributed by atoms with van der Waals surface area (Å²) >= 11 is 0. The molecule has 1 aliphatic carbocycles. The van der Waals surface area contributed by atoms with Crippen molar-refractivity contribution in [1.82, 2.24) is 5.32 Å². The van der Waals surface area contributed by atoms with Crippen LogP contribution >= 0.6 is 0 Å². The lowest BCUT2D eigenvalue weighted by Crippen LogP contribution is -2.46. The third-order valence-electron chi connectivity index (χ3n) is 4.51. The Bertz CT molecular complexity index is 685. The first kappa shape index (κ1) is 20.5. The maximum Gasteiger partial charge on any atom is 0.329 e. The van der Waals surface area contributed by atoms with Gasteiger partial charge in [-0.05, 0) is 30.9 Å². The van der Waals surface area contributed by atoms with Crippen LogP contribution in [0.15, 0.2) is 18.2 Å². The van der Waals surface area contributed by atoms with Crippen LogP contribution < -0.4 is 20.1 Å². The fraction of sp³-hybridized carbons (Fsp3) is 0.526. The molecule has 1 unspecified atom stereocenters. The number of ether oxygens (including phenoxy) is 3. The summed E-state index contributed by atoms with van der Waals surface area (Å²) in [4.78, 5) is 36.0. The predicted molar refractivity (Wildman–Crippen MR) is 98.7 cm³/mol. The van der Waals surface area contributed by atoms with Gasteiger partial charge < -0.3 is 24.8 Å². The summed E-state index contributed by atoms with van der Waals surface area (Å²) in [6, 6.07) is 4.25. The molecule has 0 spiro atoms. The minimum Gasteiger partial charge on any atom is -0.497 e. The number of esters is 1. The summed E-state index contributed by atoms with van der Waals surface area (Å²) in [5.41, 5.74) is 0.409. The molecule has 2 N–H and O–H groups in total. The van der Waals surface area contributed by atoms with Gasteiger partial charge in [-0.25, -0.2) is 4.79 Å². The largest absolute Gasteiger partial charge is 0.497 e. The smallest absolute Gasteiger partial charge is 0.329 e. The molecule has 148 valence electrons. The van der Waals surface area contributed by atoms with E-state index in [0.717, 1.165) is 25.7 Å². The van der Waals surface area contributed by atoms with Gasteiger partial charge in [-0.15, -0.1) is 0 Å². The summed E-state index contributed by atoms with van der Waals surface area (Å²) in [5.74, 6) is -0.349. The lowest BCUT2D eigenvalue weighted by atomic mass is 9.98. The van der Waals surface area contributed by atoms with Crippen molar-refractivity contribution < 1.29 is 28.6 Å². The molecule has 0 aromatic heterocycles. The van der Waals surface area contributed by atoms with E-state index in [1.165, 1.54) is 21.1 Å². The number of amides is 2. The highest BCUT2D eigenvalue weighted by Gasteiger charge is 2.32. The molecule has 1 saturated carbocycles. The molecule has 8 heteroatoms. The van der Waals surface area contributed by atoms with Gasteiger partial charge in [0.15, 0.2) is 6.61 Å². The summed E-state index contributed by atoms with van der Waals surface area (Å²) < 4.78 is 15.5. The SMILES string of the molecule is COc1ccc(OC)c(NC(=O)COC(=O)C(NC(C)=O)C2CCCC2)c1. The number of rotatable bonds is 8. The highest BCUT2D eigenvalue weighted by molar-refractivity contribution is 5.95. The maximum absolute atomic E-state index is 12.4. The van der Waals surface area contributed by atoms with Gasteiger partial charge in [0.2, 0.25) is 5.91 Å². The number of hydrogen-bond acceptors (Lipinski definition) is 6. The second kappa shape index (κ2) is 9.80. The van der Waals surface area contributed by atoms with Crippen LogP contribution in [0.1, 0.15) is 32.6 Å². The van der Waals surface area contributed by atoms with Gasteiger partial charge in [0.25, 0.3) is 5.91 Å². The Labute approximate surface area is 158 Å². The number of benzene rings is 1. The van der Waals surface area contributed by atoms with Crippen molar-refractivity contribution in [2.24, 2.45) is 5.92 Å². The quantitative estimate of drug-likeness (QED) is 0.670. The highest BCUT2D eigenvalue weighted by Crippen LogP contribution is 2.29. The zero-order valence-electron chi connectivity index (χ0n) is 15.9. The molecule has 8 nitrogen and oxygen atoms in total. The predicted octanol–water partition coefficient (Wildman–Crippen LogP) is 1.88. The zero-order chi connectivity index (χ0) is 19.8. The molecule has 2 rings (SSSR count). The standard InChI is InChI=1S/C19H26N2O6/c1-12(22)20-18(13-6-4-5-7-13)19(24)27-11-17(23)21-15-10-14(25-2)8-9-16(15)26-3/h8-10,13,18H,4-7,11H2,1-3H3,(H,20,22)(H,21,23). The first-order chi connectivity index (χ1) is 12.9. The van der Waals surface area contributed by atoms with Crippen LogP contribution in [-0.4, -0.2) is 44.7 Å². The van der Waals surface area contributed by atoms with Crippen molar-refractivity contribution in [2.75, 3.05) is 26.1 Å². The average molecular weight is 378 g/mol. The Hall–Kier alpha value is -2.77. The second-order valence-corrected chi connectivity index (χ2v) is 6.44. The third kappa shape index (κ3) is 5.87. The van der Waals surface area contributed by atoms with E-state index in [2.05, 4.69) is 10.6 Å². The number of methoxy groups -OCH3 is 2. The van der Waals surface area contributed by atoms with Crippen LogP contribution in [0.3, 0.4) is 0 Å². The fourth-order valence-electron chi connectivity index (χ4n) is 3.20. The van der Waals surface area contributed by atoms with Gasteiger partial charge in [0.1, 0.15) is 17.5 Å². The van der Waals surface area contributed by atoms with Crippen LogP contribution in [-0.2, 0) is 19.1 Å². The van der Waals surface area contributed by atoms with Crippen LogP contribution in [0.25, 0.3) is 0 Å². The van der Waals surface area contributed by atoms with E-state index in [4.69, 9.17) is 14.2 Å². The van der Waals surface area contributed by atoms with E-state index >= 15 is 0 Å². The summed E-state index contributed by atoms with van der Waals surface area (Å²) in [5, 5.41) is 5.28. The topological polar surface area (TPSA) is 103 Å². The molecule has 2 amide bonds. The van der Waals surface area contributed by atoms with Crippen LogP contribution in [0.2, 0.25) is 0 Å². The van der Waals surface area contributed by atoms with Crippen molar-refractivity contribution in [3.8, 4) is 11.5 Å². The Kier molecular flexibility index (Phi) is 7.45. The molecule has 1 aromatic rings. The fourth-order valence-corrected chi connectivity index (χ4v) is 3.20. The van der Waals surface area contributed by atoms with E-state index in [9.17, 15) is 14.4 Å². The Morgan fingerprint density at radius 1 is 1.15 bits per heavy atom. The van der Waals surface area contributed by atoms with Crippen LogP contribution in [0.4, 0.5) is 5.69 Å². The second-order valence-electron chi connectivity index (χ2n) is 6.44. The molecule has 1 aromatic carbocycles. The first-order valence-corrected chi connectivity index (χ1v) is 8.90. The minimum atomic E-state index is -0.718. The average Bonchev–Trinajstić information content (AvgIpc) is 3.18. The number of anilines is 1. The lowest BCUT2D eigenvalue weighted by Gasteiger charge is -2.22. The van der Waals surface area contributed by atoms with Gasteiger partial charge in [0.05, 0.1) is 19.9 Å². The van der Waals surface area contributed by atoms with Gasteiger partial charge >= 0.3 is 5.97 Å². The van der Waals surface area contributed by atoms with E-state index in [-0.39, 0.29) is 11.8 Å². The van der Waals surface area contributed by atoms with Gasteiger partial charge in [0, 0.05) is 13.0 Å². The molecule has 0 radical (unpaired) electrons. The summed E-state index contributed by atoms with van der Waals surface area (Å²) in [6.45, 7) is 0.902. The molecule has 0 bridgehead atoms. The van der Waals surface area contributed by atoms with Crippen LogP contribution in [0.5, 0.6) is 11.5 Å². The van der Waals surface area contributed by atoms with Gasteiger partial charge in [-0.2, -0.15) is 0 Å². The Morgan fingerprint density at radius 3 is 2.44 bits per heavy atom. The molecule has 1 fully saturated rings. The monoisotopic (exact) mass is 378 g/mol. The molecule has 0 aliphatic heterocycles. The molecule has 0 heterocycles. The normalized spacial score (nSPS) is 14.9. The van der Waals surface area contributed by atoms with Gasteiger partial charge in [-0.1, -0.05) is 12.8 Å². The Balaban J connectivity index is 1.95. The van der Waals surface area contributed by atoms with Crippen molar-refractivity contribution >= 4 is 23.5 Å². The first-order valence-electron chi connectivity index (χ1n) is 8.90. The molecular weight excluding hydrogens is 352 g/mol.